The summed E-state index contributed by atoms with van der Waals surface area (Å²) in [6, 6.07) is 10.5. The van der Waals surface area contributed by atoms with Crippen LogP contribution in [0.25, 0.3) is 10.9 Å². The van der Waals surface area contributed by atoms with E-state index in [0.717, 1.165) is 10.9 Å². The molecule has 1 N–H and O–H groups in total. The minimum Gasteiger partial charge on any atom is -0.360 e. The number of fused-ring (bicyclic) bond motifs is 1. The highest BCUT2D eigenvalue weighted by atomic mass is 16.5. The molecule has 1 aromatic carbocycles. The van der Waals surface area contributed by atoms with Gasteiger partial charge in [-0.1, -0.05) is 23.4 Å². The number of anilines is 1. The molecule has 0 saturated carbocycles. The van der Waals surface area contributed by atoms with Crippen molar-refractivity contribution in [3.63, 3.8) is 0 Å². The number of nitrogens with one attached hydrogen (secondary N) is 1. The van der Waals surface area contributed by atoms with E-state index in [9.17, 15) is 14.4 Å². The molecule has 0 unspecified atom stereocenters. The quantitative estimate of drug-likeness (QED) is 0.696. The molecule has 0 bridgehead atoms. The first kappa shape index (κ1) is 19.8. The lowest BCUT2D eigenvalue weighted by molar-refractivity contribution is -0.117. The molecule has 2 aromatic heterocycles. The molecule has 2 amide bonds. The number of benzene rings is 1. The number of carbonyl (C=O) groups excluding carboxylic acids is 2. The molecule has 9 nitrogen and oxygen atoms in total. The minimum absolute atomic E-state index is 0.161. The van der Waals surface area contributed by atoms with Gasteiger partial charge >= 0.3 is 0 Å². The number of para-hydroxylation sites is 1. The zero-order valence-corrected chi connectivity index (χ0v) is 16.9. The Kier molecular flexibility index (Phi) is 5.37. The van der Waals surface area contributed by atoms with E-state index in [0.29, 0.717) is 43.3 Å². The smallest absolute Gasteiger partial charge is 0.254 e. The number of hydrogen-bond acceptors (Lipinski definition) is 6. The van der Waals surface area contributed by atoms with Gasteiger partial charge in [0, 0.05) is 50.7 Å². The summed E-state index contributed by atoms with van der Waals surface area (Å²) in [5.41, 5.74) is 0.934. The van der Waals surface area contributed by atoms with Gasteiger partial charge in [-0.15, -0.1) is 0 Å². The van der Waals surface area contributed by atoms with Gasteiger partial charge in [0.2, 0.25) is 5.91 Å². The molecule has 1 aliphatic rings. The van der Waals surface area contributed by atoms with Crippen LogP contribution in [0.1, 0.15) is 16.1 Å². The summed E-state index contributed by atoms with van der Waals surface area (Å²) >= 11 is 0. The highest BCUT2D eigenvalue weighted by Gasteiger charge is 2.25. The van der Waals surface area contributed by atoms with Crippen molar-refractivity contribution in [2.24, 2.45) is 7.05 Å². The van der Waals surface area contributed by atoms with Gasteiger partial charge in [0.15, 0.2) is 5.82 Å². The average molecular weight is 409 g/mol. The van der Waals surface area contributed by atoms with E-state index in [-0.39, 0.29) is 23.9 Å². The molecule has 0 aliphatic carbocycles. The Morgan fingerprint density at radius 3 is 2.57 bits per heavy atom. The van der Waals surface area contributed by atoms with E-state index >= 15 is 0 Å². The standard InChI is InChI=1S/C21H23N5O4/c1-14-11-18(23-30-14)22-19(27)13-25-7-9-26(10-8-25)21(29)16-12-20(28)24(2)17-6-4-3-5-15(16)17/h3-6,11-12H,7-10,13H2,1-2H3,(H,22,23,27). The van der Waals surface area contributed by atoms with Gasteiger partial charge in [0.05, 0.1) is 17.6 Å². The molecule has 3 aromatic rings. The van der Waals surface area contributed by atoms with Crippen molar-refractivity contribution >= 4 is 28.5 Å². The van der Waals surface area contributed by atoms with Crippen LogP contribution < -0.4 is 10.9 Å². The number of nitrogens with zero attached hydrogens (tertiary/aromatic N) is 4. The number of rotatable bonds is 4. The monoisotopic (exact) mass is 409 g/mol. The van der Waals surface area contributed by atoms with Gasteiger partial charge in [-0.25, -0.2) is 0 Å². The number of piperazine rings is 1. The molecule has 9 heteroatoms. The third kappa shape index (κ3) is 3.97. The Balaban J connectivity index is 1.40. The molecule has 0 radical (unpaired) electrons. The van der Waals surface area contributed by atoms with E-state index in [1.807, 2.05) is 29.2 Å². The van der Waals surface area contributed by atoms with Gasteiger partial charge in [0.1, 0.15) is 5.76 Å². The van der Waals surface area contributed by atoms with E-state index in [1.165, 1.54) is 6.07 Å². The van der Waals surface area contributed by atoms with Crippen LogP contribution in [0.2, 0.25) is 0 Å². The lowest BCUT2D eigenvalue weighted by atomic mass is 10.1. The predicted molar refractivity (Wildman–Crippen MR) is 111 cm³/mol. The fraction of sp³-hybridized carbons (Fsp3) is 0.333. The summed E-state index contributed by atoms with van der Waals surface area (Å²) in [5, 5.41) is 7.21. The second-order valence-corrected chi connectivity index (χ2v) is 7.41. The van der Waals surface area contributed by atoms with E-state index in [1.54, 1.807) is 29.5 Å². The molecular weight excluding hydrogens is 386 g/mol. The lowest BCUT2D eigenvalue weighted by Crippen LogP contribution is -2.50. The second kappa shape index (κ2) is 8.11. The second-order valence-electron chi connectivity index (χ2n) is 7.41. The first-order valence-corrected chi connectivity index (χ1v) is 9.76. The molecule has 1 saturated heterocycles. The zero-order valence-electron chi connectivity index (χ0n) is 16.9. The van der Waals surface area contributed by atoms with Crippen LogP contribution in [-0.2, 0) is 11.8 Å². The highest BCUT2D eigenvalue weighted by Crippen LogP contribution is 2.19. The van der Waals surface area contributed by atoms with Crippen LogP contribution in [-0.4, -0.2) is 64.1 Å². The van der Waals surface area contributed by atoms with Gasteiger partial charge in [-0.05, 0) is 13.0 Å². The Morgan fingerprint density at radius 2 is 1.87 bits per heavy atom. The van der Waals surface area contributed by atoms with Gasteiger partial charge < -0.3 is 19.3 Å². The average Bonchev–Trinajstić information content (AvgIpc) is 3.15. The van der Waals surface area contributed by atoms with Crippen molar-refractivity contribution < 1.29 is 14.1 Å². The fourth-order valence-corrected chi connectivity index (χ4v) is 3.68. The first-order valence-electron chi connectivity index (χ1n) is 9.76. The lowest BCUT2D eigenvalue weighted by Gasteiger charge is -2.34. The molecular formula is C21H23N5O4. The third-order valence-corrected chi connectivity index (χ3v) is 5.31. The van der Waals surface area contributed by atoms with Gasteiger partial charge in [0.25, 0.3) is 11.5 Å². The molecule has 1 aliphatic heterocycles. The van der Waals surface area contributed by atoms with Crippen LogP contribution >= 0.6 is 0 Å². The summed E-state index contributed by atoms with van der Waals surface area (Å²) in [7, 11) is 1.70. The summed E-state index contributed by atoms with van der Waals surface area (Å²) in [5.74, 6) is 0.677. The largest absolute Gasteiger partial charge is 0.360 e. The molecule has 30 heavy (non-hydrogen) atoms. The van der Waals surface area contributed by atoms with Crippen LogP contribution in [0.3, 0.4) is 0 Å². The minimum atomic E-state index is -0.213. The Morgan fingerprint density at radius 1 is 1.13 bits per heavy atom. The normalized spacial score (nSPS) is 14.8. The SMILES string of the molecule is Cc1cc(NC(=O)CN2CCN(C(=O)c3cc(=O)n(C)c4ccccc34)CC2)no1. The van der Waals surface area contributed by atoms with Crippen molar-refractivity contribution in [1.82, 2.24) is 19.5 Å². The van der Waals surface area contributed by atoms with E-state index in [4.69, 9.17) is 4.52 Å². The number of aryl methyl sites for hydroxylation is 2. The fourth-order valence-electron chi connectivity index (χ4n) is 3.68. The topological polar surface area (TPSA) is 101 Å². The van der Waals surface area contributed by atoms with Crippen molar-refractivity contribution in [1.29, 1.82) is 0 Å². The Labute approximate surface area is 172 Å². The number of hydrogen-bond donors (Lipinski definition) is 1. The summed E-state index contributed by atoms with van der Waals surface area (Å²) in [4.78, 5) is 41.3. The summed E-state index contributed by atoms with van der Waals surface area (Å²) < 4.78 is 6.48. The maximum Gasteiger partial charge on any atom is 0.254 e. The Hall–Kier alpha value is -3.46. The first-order chi connectivity index (χ1) is 14.4. The zero-order chi connectivity index (χ0) is 21.3. The molecule has 0 atom stereocenters. The molecule has 0 spiro atoms. The number of amides is 2. The maximum absolute atomic E-state index is 13.1. The number of aromatic nitrogens is 2. The summed E-state index contributed by atoms with van der Waals surface area (Å²) in [6.45, 7) is 4.07. The predicted octanol–water partition coefficient (Wildman–Crippen LogP) is 1.23. The van der Waals surface area contributed by atoms with Crippen LogP contribution in [0.15, 0.2) is 45.7 Å². The molecule has 156 valence electrons. The van der Waals surface area contributed by atoms with Crippen LogP contribution in [0.5, 0.6) is 0 Å². The van der Waals surface area contributed by atoms with Crippen LogP contribution in [0.4, 0.5) is 5.82 Å². The van der Waals surface area contributed by atoms with E-state index < -0.39 is 0 Å². The van der Waals surface area contributed by atoms with Crippen molar-refractivity contribution in [2.45, 2.75) is 6.92 Å². The van der Waals surface area contributed by atoms with Crippen LogP contribution in [0, 0.1) is 6.92 Å². The molecule has 4 rings (SSSR count). The molecule has 1 fully saturated rings. The number of carbonyl (C=O) groups is 2. The number of pyridine rings is 1. The van der Waals surface area contributed by atoms with Crippen molar-refractivity contribution in [3.05, 3.63) is 58.1 Å². The van der Waals surface area contributed by atoms with Gasteiger partial charge in [-0.3, -0.25) is 19.3 Å². The van der Waals surface area contributed by atoms with E-state index in [2.05, 4.69) is 10.5 Å². The van der Waals surface area contributed by atoms with Crippen molar-refractivity contribution in [2.75, 3.05) is 38.0 Å². The maximum atomic E-state index is 13.1. The highest BCUT2D eigenvalue weighted by molar-refractivity contribution is 6.06. The summed E-state index contributed by atoms with van der Waals surface area (Å²) in [6.07, 6.45) is 0. The molecule has 3 heterocycles. The third-order valence-electron chi connectivity index (χ3n) is 5.31. The van der Waals surface area contributed by atoms with Gasteiger partial charge in [-0.2, -0.15) is 0 Å². The van der Waals surface area contributed by atoms with Crippen molar-refractivity contribution in [3.8, 4) is 0 Å². The Bertz CT molecular complexity index is 1160.